The Kier molecular flexibility index (Phi) is 2.94. The van der Waals surface area contributed by atoms with Gasteiger partial charge >= 0.3 is 0 Å². The molecule has 2 heterocycles. The van der Waals surface area contributed by atoms with Crippen LogP contribution in [0.5, 0.6) is 11.5 Å². The van der Waals surface area contributed by atoms with E-state index in [0.29, 0.717) is 31.1 Å². The predicted octanol–water partition coefficient (Wildman–Crippen LogP) is 1.24. The van der Waals surface area contributed by atoms with Gasteiger partial charge in [0.05, 0.1) is 13.2 Å². The molecule has 0 saturated carbocycles. The fourth-order valence-electron chi connectivity index (χ4n) is 2.59. The second kappa shape index (κ2) is 4.38. The summed E-state index contributed by atoms with van der Waals surface area (Å²) in [5, 5.41) is 0. The van der Waals surface area contributed by atoms with Gasteiger partial charge in [0.2, 0.25) is 10.0 Å². The Hall–Kier alpha value is -1.27. The summed E-state index contributed by atoms with van der Waals surface area (Å²) < 4.78 is 38.7. The minimum absolute atomic E-state index is 0.153. The van der Waals surface area contributed by atoms with Crippen LogP contribution in [0.1, 0.15) is 25.0 Å². The molecule has 0 fully saturated rings. The number of benzene rings is 1. The van der Waals surface area contributed by atoms with E-state index in [1.807, 2.05) is 6.07 Å². The second-order valence-corrected chi connectivity index (χ2v) is 6.79. The molecule has 0 aromatic heterocycles. The van der Waals surface area contributed by atoms with Crippen molar-refractivity contribution in [2.45, 2.75) is 37.6 Å². The molecule has 1 N–H and O–H groups in total. The number of ether oxygens (including phenoxy) is 2. The van der Waals surface area contributed by atoms with Gasteiger partial charge in [-0.15, -0.1) is 0 Å². The number of hydrogen-bond donors (Lipinski definition) is 1. The van der Waals surface area contributed by atoms with Gasteiger partial charge < -0.3 is 9.47 Å². The van der Waals surface area contributed by atoms with Crippen molar-refractivity contribution >= 4 is 10.0 Å². The van der Waals surface area contributed by atoms with Crippen LogP contribution in [-0.4, -0.2) is 27.7 Å². The summed E-state index contributed by atoms with van der Waals surface area (Å²) in [6.45, 7) is 4.67. The van der Waals surface area contributed by atoms with Crippen LogP contribution < -0.4 is 14.2 Å². The third-order valence-corrected chi connectivity index (χ3v) is 5.01. The van der Waals surface area contributed by atoms with Crippen molar-refractivity contribution in [2.24, 2.45) is 0 Å². The quantitative estimate of drug-likeness (QED) is 0.906. The van der Waals surface area contributed by atoms with E-state index in [0.717, 1.165) is 17.5 Å². The molecule has 2 aliphatic heterocycles. The van der Waals surface area contributed by atoms with Gasteiger partial charge in [-0.05, 0) is 19.9 Å². The Morgan fingerprint density at radius 1 is 1.21 bits per heavy atom. The summed E-state index contributed by atoms with van der Waals surface area (Å²) in [5.41, 5.74) is 1.67. The zero-order valence-corrected chi connectivity index (χ0v) is 11.8. The smallest absolute Gasteiger partial charge is 0.244 e. The monoisotopic (exact) mass is 283 g/mol. The normalized spacial score (nSPS) is 17.0. The maximum Gasteiger partial charge on any atom is 0.244 e. The van der Waals surface area contributed by atoms with Gasteiger partial charge in [0.15, 0.2) is 0 Å². The third-order valence-electron chi connectivity index (χ3n) is 3.26. The summed E-state index contributed by atoms with van der Waals surface area (Å²) in [6.07, 6.45) is 1.34. The molecule has 0 unspecified atom stereocenters. The van der Waals surface area contributed by atoms with Crippen molar-refractivity contribution < 1.29 is 17.9 Å². The van der Waals surface area contributed by atoms with Crippen LogP contribution in [-0.2, 0) is 22.9 Å². The second-order valence-electron chi connectivity index (χ2n) is 5.14. The molecule has 19 heavy (non-hydrogen) atoms. The van der Waals surface area contributed by atoms with E-state index >= 15 is 0 Å². The molecular weight excluding hydrogens is 266 g/mol. The van der Waals surface area contributed by atoms with E-state index in [1.54, 1.807) is 13.8 Å². The van der Waals surface area contributed by atoms with Gasteiger partial charge in [-0.25, -0.2) is 13.1 Å². The first kappa shape index (κ1) is 12.7. The largest absolute Gasteiger partial charge is 0.493 e. The van der Waals surface area contributed by atoms with Crippen LogP contribution in [0.15, 0.2) is 11.0 Å². The lowest BCUT2D eigenvalue weighted by Crippen LogP contribution is -2.31. The van der Waals surface area contributed by atoms with E-state index in [-0.39, 0.29) is 10.9 Å². The first-order valence-corrected chi connectivity index (χ1v) is 7.94. The average molecular weight is 283 g/mol. The summed E-state index contributed by atoms with van der Waals surface area (Å²) in [6, 6.07) is 1.76. The van der Waals surface area contributed by atoms with Crippen LogP contribution in [0.25, 0.3) is 0 Å². The molecule has 1 aromatic rings. The molecule has 0 spiro atoms. The number of sulfonamides is 1. The molecule has 6 heteroatoms. The molecule has 0 amide bonds. The highest BCUT2D eigenvalue weighted by molar-refractivity contribution is 7.89. The first-order valence-electron chi connectivity index (χ1n) is 6.46. The first-order chi connectivity index (χ1) is 8.99. The number of nitrogens with one attached hydrogen (secondary N) is 1. The highest BCUT2D eigenvalue weighted by Crippen LogP contribution is 2.42. The summed E-state index contributed by atoms with van der Waals surface area (Å²) in [5.74, 6) is 1.20. The van der Waals surface area contributed by atoms with Crippen LogP contribution >= 0.6 is 0 Å². The lowest BCUT2D eigenvalue weighted by atomic mass is 10.1. The molecule has 0 saturated heterocycles. The van der Waals surface area contributed by atoms with Gasteiger partial charge in [0, 0.05) is 30.0 Å². The van der Waals surface area contributed by atoms with E-state index in [1.165, 1.54) is 0 Å². The lowest BCUT2D eigenvalue weighted by molar-refractivity contribution is 0.347. The molecule has 1 aromatic carbocycles. The fraction of sp³-hybridized carbons (Fsp3) is 0.538. The van der Waals surface area contributed by atoms with Crippen molar-refractivity contribution in [1.82, 2.24) is 4.72 Å². The van der Waals surface area contributed by atoms with Crippen LogP contribution in [0, 0.1) is 0 Å². The van der Waals surface area contributed by atoms with Gasteiger partial charge in [-0.3, -0.25) is 0 Å². The van der Waals surface area contributed by atoms with Crippen LogP contribution in [0.3, 0.4) is 0 Å². The molecule has 0 atom stereocenters. The lowest BCUT2D eigenvalue weighted by Gasteiger charge is -2.15. The molecule has 0 aliphatic carbocycles. The maximum absolute atomic E-state index is 12.5. The Morgan fingerprint density at radius 3 is 2.68 bits per heavy atom. The van der Waals surface area contributed by atoms with Gasteiger partial charge in [0.25, 0.3) is 0 Å². The topological polar surface area (TPSA) is 64.6 Å². The summed E-state index contributed by atoms with van der Waals surface area (Å²) in [4.78, 5) is 0.281. The van der Waals surface area contributed by atoms with E-state index in [4.69, 9.17) is 9.47 Å². The fourth-order valence-corrected chi connectivity index (χ4v) is 4.29. The SMILES string of the molecule is CC(C)NS(=O)(=O)c1c2c(cc3c1OCC3)OCC2. The third kappa shape index (κ3) is 2.08. The Morgan fingerprint density at radius 2 is 1.95 bits per heavy atom. The van der Waals surface area contributed by atoms with Crippen molar-refractivity contribution in [2.75, 3.05) is 13.2 Å². The van der Waals surface area contributed by atoms with Crippen molar-refractivity contribution in [3.05, 3.63) is 17.2 Å². The molecule has 2 aliphatic rings. The molecule has 5 nitrogen and oxygen atoms in total. The summed E-state index contributed by atoms with van der Waals surface area (Å²) in [7, 11) is -3.57. The molecule has 3 rings (SSSR count). The number of fused-ring (bicyclic) bond motifs is 2. The van der Waals surface area contributed by atoms with Gasteiger partial charge in [0.1, 0.15) is 16.4 Å². The highest BCUT2D eigenvalue weighted by Gasteiger charge is 2.33. The van der Waals surface area contributed by atoms with Gasteiger partial charge in [-0.2, -0.15) is 0 Å². The van der Waals surface area contributed by atoms with E-state index in [9.17, 15) is 8.42 Å². The van der Waals surface area contributed by atoms with Gasteiger partial charge in [-0.1, -0.05) is 0 Å². The Balaban J connectivity index is 2.20. The maximum atomic E-state index is 12.5. The Bertz CT molecular complexity index is 590. The highest BCUT2D eigenvalue weighted by atomic mass is 32.2. The van der Waals surface area contributed by atoms with Crippen LogP contribution in [0.2, 0.25) is 0 Å². The molecule has 0 bridgehead atoms. The van der Waals surface area contributed by atoms with Crippen molar-refractivity contribution in [3.63, 3.8) is 0 Å². The minimum Gasteiger partial charge on any atom is -0.493 e. The minimum atomic E-state index is -3.57. The van der Waals surface area contributed by atoms with E-state index in [2.05, 4.69) is 4.72 Å². The summed E-state index contributed by atoms with van der Waals surface area (Å²) >= 11 is 0. The standard InChI is InChI=1S/C13H17NO4S/c1-8(2)14-19(15,16)13-10-4-6-17-11(10)7-9-3-5-18-12(9)13/h7-8,14H,3-6H2,1-2H3. The van der Waals surface area contributed by atoms with Crippen molar-refractivity contribution in [1.29, 1.82) is 0 Å². The number of rotatable bonds is 3. The predicted molar refractivity (Wildman–Crippen MR) is 70.3 cm³/mol. The molecule has 104 valence electrons. The van der Waals surface area contributed by atoms with E-state index < -0.39 is 10.0 Å². The van der Waals surface area contributed by atoms with Crippen LogP contribution in [0.4, 0.5) is 0 Å². The molecular formula is C13H17NO4S. The molecule has 0 radical (unpaired) electrons. The Labute approximate surface area is 113 Å². The number of hydrogen-bond acceptors (Lipinski definition) is 4. The van der Waals surface area contributed by atoms with Crippen molar-refractivity contribution in [3.8, 4) is 11.5 Å². The zero-order valence-electron chi connectivity index (χ0n) is 11.0. The zero-order chi connectivity index (χ0) is 13.6. The average Bonchev–Trinajstić information content (AvgIpc) is 2.89.